The van der Waals surface area contributed by atoms with Crippen LogP contribution in [0.5, 0.6) is 0 Å². The summed E-state index contributed by atoms with van der Waals surface area (Å²) in [4.78, 5) is 0. The largest absolute Gasteiger partial charge is 0.211 e. The van der Waals surface area contributed by atoms with Crippen molar-refractivity contribution in [2.24, 2.45) is 0 Å². The van der Waals surface area contributed by atoms with Crippen molar-refractivity contribution in [2.45, 2.75) is 45.9 Å². The van der Waals surface area contributed by atoms with Crippen molar-refractivity contribution in [3.05, 3.63) is 34.2 Å². The summed E-state index contributed by atoms with van der Waals surface area (Å²) in [6.07, 6.45) is 3.47. The lowest BCUT2D eigenvalue weighted by atomic mass is 10.1. The standard InChI is InChI=1S/C11H10BrF.2C2H6/c12-7-8-4-5-9-2-1-3-11(13)10(9)6-8;2*1-2/h2,4-6H,1,3,7H2;2*1-2H3. The van der Waals surface area contributed by atoms with E-state index >= 15 is 0 Å². The molecule has 0 amide bonds. The summed E-state index contributed by atoms with van der Waals surface area (Å²) < 4.78 is 13.4. The van der Waals surface area contributed by atoms with Crippen molar-refractivity contribution in [3.8, 4) is 0 Å². The Morgan fingerprint density at radius 2 is 1.82 bits per heavy atom. The van der Waals surface area contributed by atoms with E-state index in [9.17, 15) is 4.39 Å². The fraction of sp³-hybridized carbons (Fsp3) is 0.467. The summed E-state index contributed by atoms with van der Waals surface area (Å²) in [5.41, 5.74) is 1.13. The maximum absolute atomic E-state index is 13.4. The lowest BCUT2D eigenvalue weighted by Gasteiger charge is -2.04. The van der Waals surface area contributed by atoms with Gasteiger partial charge in [-0.15, -0.1) is 0 Å². The van der Waals surface area contributed by atoms with E-state index in [0.29, 0.717) is 6.42 Å². The smallest absolute Gasteiger partial charge is 0.108 e. The van der Waals surface area contributed by atoms with Crippen molar-refractivity contribution in [1.82, 2.24) is 0 Å². The highest BCUT2D eigenvalue weighted by molar-refractivity contribution is 9.08. The molecule has 0 nitrogen and oxygen atoms in total. The molecule has 1 aromatic rings. The normalized spacial score (nSPS) is 12.2. The highest BCUT2D eigenvalue weighted by Crippen LogP contribution is 2.09. The zero-order valence-electron chi connectivity index (χ0n) is 11.2. The van der Waals surface area contributed by atoms with Crippen molar-refractivity contribution in [2.75, 3.05) is 0 Å². The quantitative estimate of drug-likeness (QED) is 0.679. The Balaban J connectivity index is 0.000000581. The molecule has 1 aromatic carbocycles. The average Bonchev–Trinajstić information content (AvgIpc) is 2.43. The molecule has 0 unspecified atom stereocenters. The molecule has 0 radical (unpaired) electrons. The first kappa shape index (κ1) is 16.4. The molecule has 1 aliphatic carbocycles. The molecule has 0 heterocycles. The highest BCUT2D eigenvalue weighted by atomic mass is 79.9. The number of halogens is 2. The predicted molar refractivity (Wildman–Crippen MR) is 79.2 cm³/mol. The van der Waals surface area contributed by atoms with Gasteiger partial charge in [-0.25, -0.2) is 4.39 Å². The van der Waals surface area contributed by atoms with E-state index in [1.165, 1.54) is 0 Å². The summed E-state index contributed by atoms with van der Waals surface area (Å²) in [5.74, 6) is 0.0281. The molecule has 0 atom stereocenters. The SMILES string of the molecule is CC.CC.FC1=c2cc(CBr)ccc2=CCC1. The molecular formula is C15H22BrF. The van der Waals surface area contributed by atoms with E-state index in [-0.39, 0.29) is 5.83 Å². The van der Waals surface area contributed by atoms with Crippen molar-refractivity contribution >= 4 is 27.8 Å². The van der Waals surface area contributed by atoms with E-state index in [1.807, 2.05) is 45.9 Å². The summed E-state index contributed by atoms with van der Waals surface area (Å²) in [7, 11) is 0. The van der Waals surface area contributed by atoms with E-state index < -0.39 is 0 Å². The van der Waals surface area contributed by atoms with Crippen LogP contribution in [-0.4, -0.2) is 0 Å². The molecule has 17 heavy (non-hydrogen) atoms. The van der Waals surface area contributed by atoms with Gasteiger partial charge < -0.3 is 0 Å². The number of benzene rings is 1. The minimum Gasteiger partial charge on any atom is -0.211 e. The maximum Gasteiger partial charge on any atom is 0.108 e. The first-order valence-electron chi connectivity index (χ1n) is 6.35. The number of alkyl halides is 1. The first-order chi connectivity index (χ1) is 8.31. The van der Waals surface area contributed by atoms with Crippen LogP contribution in [0.2, 0.25) is 0 Å². The first-order valence-corrected chi connectivity index (χ1v) is 7.47. The Bertz CT molecular complexity index is 435. The van der Waals surface area contributed by atoms with Crippen molar-refractivity contribution < 1.29 is 4.39 Å². The van der Waals surface area contributed by atoms with Gasteiger partial charge in [-0.3, -0.25) is 0 Å². The maximum atomic E-state index is 13.4. The van der Waals surface area contributed by atoms with Crippen LogP contribution in [0.25, 0.3) is 11.9 Å². The van der Waals surface area contributed by atoms with Gasteiger partial charge in [-0.2, -0.15) is 0 Å². The van der Waals surface area contributed by atoms with E-state index in [2.05, 4.69) is 22.0 Å². The van der Waals surface area contributed by atoms with Crippen molar-refractivity contribution in [3.63, 3.8) is 0 Å². The molecule has 0 N–H and O–H groups in total. The Hall–Kier alpha value is -0.630. The zero-order valence-corrected chi connectivity index (χ0v) is 12.8. The van der Waals surface area contributed by atoms with Crippen LogP contribution in [0.1, 0.15) is 46.1 Å². The average molecular weight is 301 g/mol. The Kier molecular flexibility index (Phi) is 9.06. The minimum absolute atomic E-state index is 0.0281. The Labute approximate surface area is 112 Å². The molecule has 2 heteroatoms. The van der Waals surface area contributed by atoms with Gasteiger partial charge in [0.25, 0.3) is 0 Å². The zero-order chi connectivity index (χ0) is 13.3. The molecule has 0 aromatic heterocycles. The van der Waals surface area contributed by atoms with Crippen LogP contribution >= 0.6 is 15.9 Å². The van der Waals surface area contributed by atoms with E-state index in [1.54, 1.807) is 0 Å². The van der Waals surface area contributed by atoms with Gasteiger partial charge in [-0.1, -0.05) is 61.8 Å². The molecule has 0 aliphatic heterocycles. The van der Waals surface area contributed by atoms with E-state index in [0.717, 1.165) is 27.8 Å². The van der Waals surface area contributed by atoms with Gasteiger partial charge >= 0.3 is 0 Å². The summed E-state index contributed by atoms with van der Waals surface area (Å²) in [6.45, 7) is 8.00. The van der Waals surface area contributed by atoms with Gasteiger partial charge in [0, 0.05) is 17.0 Å². The third-order valence-electron chi connectivity index (χ3n) is 2.29. The summed E-state index contributed by atoms with van der Waals surface area (Å²) in [6, 6.07) is 5.95. The molecule has 0 saturated carbocycles. The van der Waals surface area contributed by atoms with Crippen LogP contribution < -0.4 is 10.4 Å². The molecule has 0 bridgehead atoms. The predicted octanol–water partition coefficient (Wildman–Crippen LogP) is 4.29. The number of rotatable bonds is 1. The minimum atomic E-state index is 0.0281. The Morgan fingerprint density at radius 3 is 2.41 bits per heavy atom. The fourth-order valence-corrected chi connectivity index (χ4v) is 1.94. The molecule has 96 valence electrons. The van der Waals surface area contributed by atoms with Crippen LogP contribution in [0, 0.1) is 0 Å². The second-order valence-electron chi connectivity index (χ2n) is 3.20. The monoisotopic (exact) mass is 300 g/mol. The van der Waals surface area contributed by atoms with Gasteiger partial charge in [0.05, 0.1) is 0 Å². The third kappa shape index (κ3) is 4.63. The van der Waals surface area contributed by atoms with Gasteiger partial charge in [0.1, 0.15) is 5.83 Å². The molecule has 2 rings (SSSR count). The van der Waals surface area contributed by atoms with Gasteiger partial charge in [-0.05, 0) is 23.3 Å². The molecule has 0 spiro atoms. The number of fused-ring (bicyclic) bond motifs is 1. The topological polar surface area (TPSA) is 0 Å². The summed E-state index contributed by atoms with van der Waals surface area (Å²) in [5, 5.41) is 2.60. The van der Waals surface area contributed by atoms with Crippen LogP contribution in [0.3, 0.4) is 0 Å². The summed E-state index contributed by atoms with van der Waals surface area (Å²) >= 11 is 3.36. The van der Waals surface area contributed by atoms with Crippen LogP contribution in [0.15, 0.2) is 18.2 Å². The lowest BCUT2D eigenvalue weighted by molar-refractivity contribution is 0.696. The number of hydrogen-bond acceptors (Lipinski definition) is 0. The second kappa shape index (κ2) is 9.41. The van der Waals surface area contributed by atoms with E-state index in [4.69, 9.17) is 0 Å². The van der Waals surface area contributed by atoms with Gasteiger partial charge in [0.2, 0.25) is 0 Å². The molecule has 0 saturated heterocycles. The Morgan fingerprint density at radius 1 is 1.18 bits per heavy atom. The highest BCUT2D eigenvalue weighted by Gasteiger charge is 2.03. The third-order valence-corrected chi connectivity index (χ3v) is 2.94. The number of hydrogen-bond donors (Lipinski definition) is 0. The van der Waals surface area contributed by atoms with Crippen molar-refractivity contribution in [1.29, 1.82) is 0 Å². The fourth-order valence-electron chi connectivity index (χ4n) is 1.59. The second-order valence-corrected chi connectivity index (χ2v) is 3.76. The molecule has 1 aliphatic rings. The molecular weight excluding hydrogens is 279 g/mol. The van der Waals surface area contributed by atoms with Crippen LogP contribution in [0.4, 0.5) is 4.39 Å². The van der Waals surface area contributed by atoms with Gasteiger partial charge in [0.15, 0.2) is 0 Å². The van der Waals surface area contributed by atoms with Crippen LogP contribution in [-0.2, 0) is 5.33 Å². The lowest BCUT2D eigenvalue weighted by Crippen LogP contribution is -2.28. The molecule has 0 fully saturated rings.